The van der Waals surface area contributed by atoms with E-state index in [1.54, 1.807) is 6.20 Å². The minimum absolute atomic E-state index is 0.372. The Morgan fingerprint density at radius 2 is 1.84 bits per heavy atom. The molecule has 0 bridgehead atoms. The molecule has 3 aromatic rings. The molecule has 0 aromatic carbocycles. The van der Waals surface area contributed by atoms with Gasteiger partial charge in [0, 0.05) is 60.9 Å². The number of thiazole rings is 1. The smallest absolute Gasteiger partial charge is 0.345 e. The number of hydrogen-bond donors (Lipinski definition) is 1. The third-order valence-electron chi connectivity index (χ3n) is 6.80. The molecule has 5 nitrogen and oxygen atoms in total. The van der Waals surface area contributed by atoms with Gasteiger partial charge < -0.3 is 9.88 Å². The van der Waals surface area contributed by atoms with E-state index in [9.17, 15) is 13.2 Å². The highest BCUT2D eigenvalue weighted by Crippen LogP contribution is 2.39. The number of likely N-dealkylation sites (N-methyl/N-ethyl adjacent to an activating group) is 1. The normalized spacial score (nSPS) is 24.1. The highest BCUT2D eigenvalue weighted by atomic mass is 32.1. The van der Waals surface area contributed by atoms with Crippen LogP contribution in [0.2, 0.25) is 0 Å². The van der Waals surface area contributed by atoms with Gasteiger partial charge >= 0.3 is 6.18 Å². The van der Waals surface area contributed by atoms with Crippen molar-refractivity contribution in [3.8, 4) is 10.6 Å². The molecule has 1 aliphatic heterocycles. The molecule has 3 aromatic heterocycles. The highest BCUT2D eigenvalue weighted by Gasteiger charge is 2.34. The number of pyridine rings is 1. The number of aromatic nitrogens is 3. The van der Waals surface area contributed by atoms with Gasteiger partial charge in [0.1, 0.15) is 10.7 Å². The molecule has 2 aliphatic rings. The maximum Gasteiger partial charge on any atom is 0.434 e. The Kier molecular flexibility index (Phi) is 5.52. The molecule has 4 heterocycles. The quantitative estimate of drug-likeness (QED) is 0.613. The van der Waals surface area contributed by atoms with Gasteiger partial charge in [-0.2, -0.15) is 13.2 Å². The van der Waals surface area contributed by atoms with Gasteiger partial charge in [0.25, 0.3) is 0 Å². The van der Waals surface area contributed by atoms with Crippen molar-refractivity contribution < 1.29 is 13.2 Å². The van der Waals surface area contributed by atoms with E-state index in [1.165, 1.54) is 18.4 Å². The summed E-state index contributed by atoms with van der Waals surface area (Å²) in [6, 6.07) is 2.77. The Bertz CT molecular complexity index is 1040. The number of rotatable bonds is 3. The minimum atomic E-state index is -4.42. The van der Waals surface area contributed by atoms with Crippen LogP contribution in [0, 0.1) is 0 Å². The van der Waals surface area contributed by atoms with Crippen molar-refractivity contribution in [2.75, 3.05) is 33.2 Å². The monoisotopic (exact) mass is 449 g/mol. The lowest BCUT2D eigenvalue weighted by molar-refractivity contribution is -0.140. The first-order valence-electron chi connectivity index (χ1n) is 10.8. The first kappa shape index (κ1) is 20.9. The van der Waals surface area contributed by atoms with Crippen molar-refractivity contribution in [3.63, 3.8) is 0 Å². The number of alkyl halides is 3. The average Bonchev–Trinajstić information content (AvgIpc) is 3.41. The second kappa shape index (κ2) is 8.18. The molecule has 2 fully saturated rings. The molecule has 166 valence electrons. The van der Waals surface area contributed by atoms with Gasteiger partial charge in [-0.05, 0) is 50.3 Å². The van der Waals surface area contributed by atoms with E-state index in [-0.39, 0.29) is 0 Å². The summed E-state index contributed by atoms with van der Waals surface area (Å²) in [5.41, 5.74) is 1.72. The molecular formula is C22H26F3N5S. The van der Waals surface area contributed by atoms with Crippen molar-refractivity contribution in [2.45, 2.75) is 43.8 Å². The van der Waals surface area contributed by atoms with E-state index >= 15 is 0 Å². The fourth-order valence-electron chi connectivity index (χ4n) is 4.91. The topological polar surface area (TPSA) is 48.0 Å². The van der Waals surface area contributed by atoms with Crippen LogP contribution < -0.4 is 0 Å². The predicted octanol–water partition coefficient (Wildman–Crippen LogP) is 4.98. The zero-order valence-electron chi connectivity index (χ0n) is 17.5. The van der Waals surface area contributed by atoms with E-state index in [4.69, 9.17) is 0 Å². The number of hydrogen-bond acceptors (Lipinski definition) is 5. The third-order valence-corrected chi connectivity index (χ3v) is 7.68. The highest BCUT2D eigenvalue weighted by molar-refractivity contribution is 7.13. The first-order valence-corrected chi connectivity index (χ1v) is 11.7. The second-order valence-corrected chi connectivity index (χ2v) is 9.61. The maximum atomic E-state index is 13.0. The zero-order valence-corrected chi connectivity index (χ0v) is 18.3. The van der Waals surface area contributed by atoms with Gasteiger partial charge in [-0.3, -0.25) is 4.90 Å². The third kappa shape index (κ3) is 4.23. The molecular weight excluding hydrogens is 423 g/mol. The lowest BCUT2D eigenvalue weighted by Gasteiger charge is -2.41. The van der Waals surface area contributed by atoms with E-state index in [0.29, 0.717) is 28.2 Å². The number of aromatic amines is 1. The molecule has 0 atom stereocenters. The summed E-state index contributed by atoms with van der Waals surface area (Å²) in [5, 5.41) is 2.29. The van der Waals surface area contributed by atoms with Gasteiger partial charge in [-0.15, -0.1) is 11.3 Å². The Labute approximate surface area is 183 Å². The number of nitrogens with zero attached hydrogens (tertiary/aromatic N) is 4. The van der Waals surface area contributed by atoms with Crippen LogP contribution in [0.15, 0.2) is 23.8 Å². The van der Waals surface area contributed by atoms with E-state index in [0.717, 1.165) is 61.1 Å². The number of fused-ring (bicyclic) bond motifs is 1. The van der Waals surface area contributed by atoms with Gasteiger partial charge in [0.15, 0.2) is 5.69 Å². The van der Waals surface area contributed by atoms with E-state index in [1.807, 2.05) is 6.20 Å². The average molecular weight is 450 g/mol. The fourth-order valence-corrected chi connectivity index (χ4v) is 5.77. The summed E-state index contributed by atoms with van der Waals surface area (Å²) in [6.07, 6.45) is 3.84. The molecule has 9 heteroatoms. The van der Waals surface area contributed by atoms with Gasteiger partial charge in [0.2, 0.25) is 0 Å². The van der Waals surface area contributed by atoms with Gasteiger partial charge in [0.05, 0.1) is 0 Å². The van der Waals surface area contributed by atoms with Crippen molar-refractivity contribution in [2.24, 2.45) is 0 Å². The molecule has 1 N–H and O–H groups in total. The minimum Gasteiger partial charge on any atom is -0.345 e. The predicted molar refractivity (Wildman–Crippen MR) is 116 cm³/mol. The lowest BCUT2D eigenvalue weighted by atomic mass is 9.81. The summed E-state index contributed by atoms with van der Waals surface area (Å²) >= 11 is 1.02. The summed E-state index contributed by atoms with van der Waals surface area (Å²) in [5.74, 6) is 0.449. The molecule has 1 saturated heterocycles. The Balaban J connectivity index is 1.32. The molecule has 0 unspecified atom stereocenters. The van der Waals surface area contributed by atoms with Crippen LogP contribution in [-0.4, -0.2) is 64.0 Å². The molecule has 31 heavy (non-hydrogen) atoms. The maximum absolute atomic E-state index is 13.0. The van der Waals surface area contributed by atoms with Crippen LogP contribution in [0.3, 0.4) is 0 Å². The zero-order chi connectivity index (χ0) is 21.6. The van der Waals surface area contributed by atoms with Crippen LogP contribution >= 0.6 is 11.3 Å². The Hall–Kier alpha value is -1.97. The fraction of sp³-hybridized carbons (Fsp3) is 0.545. The Morgan fingerprint density at radius 1 is 1.10 bits per heavy atom. The SMILES string of the molecule is CN1CCN(C2CCC(c3cnc4[nH]cc(-c5nc(C(F)(F)F)cs5)c4c3)CC2)CC1. The van der Waals surface area contributed by atoms with Gasteiger partial charge in [-0.25, -0.2) is 9.97 Å². The molecule has 5 rings (SSSR count). The van der Waals surface area contributed by atoms with E-state index < -0.39 is 11.9 Å². The number of nitrogens with one attached hydrogen (secondary N) is 1. The van der Waals surface area contributed by atoms with Crippen molar-refractivity contribution in [1.82, 2.24) is 24.8 Å². The van der Waals surface area contributed by atoms with Crippen LogP contribution in [-0.2, 0) is 6.18 Å². The van der Waals surface area contributed by atoms with Crippen molar-refractivity contribution >= 4 is 22.4 Å². The number of halogens is 3. The molecule has 1 saturated carbocycles. The van der Waals surface area contributed by atoms with Crippen LogP contribution in [0.4, 0.5) is 13.2 Å². The Morgan fingerprint density at radius 3 is 2.52 bits per heavy atom. The van der Waals surface area contributed by atoms with E-state index in [2.05, 4.69) is 37.9 Å². The number of H-pyrrole nitrogens is 1. The molecule has 0 amide bonds. The number of piperazine rings is 1. The van der Waals surface area contributed by atoms with Crippen LogP contribution in [0.5, 0.6) is 0 Å². The largest absolute Gasteiger partial charge is 0.434 e. The molecule has 1 aliphatic carbocycles. The standard InChI is InChI=1S/C22H26F3N5S/c1-29-6-8-30(9-7-29)16-4-2-14(3-5-16)15-10-17-18(12-27-20(17)26-11-15)21-28-19(13-31-21)22(23,24)25/h10-14,16H,2-9H2,1H3,(H,26,27). The molecule has 0 spiro atoms. The lowest BCUT2D eigenvalue weighted by Crippen LogP contribution is -2.49. The van der Waals surface area contributed by atoms with Crippen molar-refractivity contribution in [3.05, 3.63) is 35.1 Å². The second-order valence-electron chi connectivity index (χ2n) is 8.75. The summed E-state index contributed by atoms with van der Waals surface area (Å²) in [7, 11) is 2.18. The molecule has 0 radical (unpaired) electrons. The summed E-state index contributed by atoms with van der Waals surface area (Å²) < 4.78 is 38.9. The van der Waals surface area contributed by atoms with Crippen LogP contribution in [0.1, 0.15) is 42.9 Å². The van der Waals surface area contributed by atoms with Crippen LogP contribution in [0.25, 0.3) is 21.6 Å². The van der Waals surface area contributed by atoms with Gasteiger partial charge in [-0.1, -0.05) is 0 Å². The summed E-state index contributed by atoms with van der Waals surface area (Å²) in [4.78, 5) is 16.5. The summed E-state index contributed by atoms with van der Waals surface area (Å²) in [6.45, 7) is 4.59. The first-order chi connectivity index (χ1) is 14.9. The van der Waals surface area contributed by atoms with Crippen molar-refractivity contribution in [1.29, 1.82) is 0 Å².